The van der Waals surface area contributed by atoms with E-state index in [-0.39, 0.29) is 23.7 Å². The van der Waals surface area contributed by atoms with Gasteiger partial charge < -0.3 is 4.90 Å². The quantitative estimate of drug-likeness (QED) is 0.787. The zero-order valence-corrected chi connectivity index (χ0v) is 15.0. The lowest BCUT2D eigenvalue weighted by molar-refractivity contribution is -0.131. The standard InChI is InChI=1S/C15H24N2O3S2/c1-16(13-7-4-8-14(13)22(3,19)20)11-15(18)17(2)10-12-6-5-9-21-12/h5-6,9,13-14H,4,7-8,10-11H2,1-3H3/t13-,14-/m0/s1. The van der Waals surface area contributed by atoms with E-state index in [4.69, 9.17) is 0 Å². The summed E-state index contributed by atoms with van der Waals surface area (Å²) in [5.74, 6) is 0.0232. The van der Waals surface area contributed by atoms with E-state index in [9.17, 15) is 13.2 Å². The van der Waals surface area contributed by atoms with Gasteiger partial charge in [0.15, 0.2) is 9.84 Å². The molecule has 1 aliphatic carbocycles. The number of nitrogens with zero attached hydrogens (tertiary/aromatic N) is 2. The van der Waals surface area contributed by atoms with E-state index >= 15 is 0 Å². The lowest BCUT2D eigenvalue weighted by atomic mass is 10.2. The number of amides is 1. The molecule has 0 saturated heterocycles. The Morgan fingerprint density at radius 1 is 1.36 bits per heavy atom. The van der Waals surface area contributed by atoms with Crippen LogP contribution in [0.4, 0.5) is 0 Å². The first-order chi connectivity index (χ1) is 10.3. The van der Waals surface area contributed by atoms with E-state index in [1.807, 2.05) is 29.5 Å². The van der Waals surface area contributed by atoms with Crippen LogP contribution in [0.3, 0.4) is 0 Å². The maximum Gasteiger partial charge on any atom is 0.236 e. The average molecular weight is 345 g/mol. The number of hydrogen-bond donors (Lipinski definition) is 0. The second kappa shape index (κ2) is 7.10. The highest BCUT2D eigenvalue weighted by Gasteiger charge is 2.37. The topological polar surface area (TPSA) is 57.7 Å². The van der Waals surface area contributed by atoms with E-state index in [1.165, 1.54) is 6.26 Å². The van der Waals surface area contributed by atoms with E-state index in [0.29, 0.717) is 13.0 Å². The molecule has 5 nitrogen and oxygen atoms in total. The highest BCUT2D eigenvalue weighted by atomic mass is 32.2. The molecule has 0 N–H and O–H groups in total. The third-order valence-corrected chi connectivity index (χ3v) is 6.83. The molecule has 0 aromatic carbocycles. The normalized spacial score (nSPS) is 22.2. The van der Waals surface area contributed by atoms with E-state index in [1.54, 1.807) is 23.3 Å². The molecule has 1 aliphatic rings. The first kappa shape index (κ1) is 17.4. The molecule has 2 atom stereocenters. The summed E-state index contributed by atoms with van der Waals surface area (Å²) in [6.07, 6.45) is 3.75. The molecule has 1 aromatic heterocycles. The molecule has 0 spiro atoms. The number of rotatable bonds is 6. The van der Waals surface area contributed by atoms with Crippen LogP contribution in [0.5, 0.6) is 0 Å². The molecule has 22 heavy (non-hydrogen) atoms. The van der Waals surface area contributed by atoms with Crippen LogP contribution in [0.15, 0.2) is 17.5 Å². The molecule has 124 valence electrons. The van der Waals surface area contributed by atoms with Crippen LogP contribution in [0.25, 0.3) is 0 Å². The van der Waals surface area contributed by atoms with Crippen LogP contribution in [0, 0.1) is 0 Å². The Kier molecular flexibility index (Phi) is 5.63. The molecule has 1 aromatic rings. The van der Waals surface area contributed by atoms with Crippen molar-refractivity contribution in [2.75, 3.05) is 26.9 Å². The van der Waals surface area contributed by atoms with E-state index < -0.39 is 9.84 Å². The summed E-state index contributed by atoms with van der Waals surface area (Å²) in [4.78, 5) is 17.1. The Balaban J connectivity index is 1.93. The summed E-state index contributed by atoms with van der Waals surface area (Å²) >= 11 is 1.63. The van der Waals surface area contributed by atoms with Crippen molar-refractivity contribution in [1.29, 1.82) is 0 Å². The van der Waals surface area contributed by atoms with Gasteiger partial charge in [-0.3, -0.25) is 9.69 Å². The maximum atomic E-state index is 12.3. The zero-order valence-electron chi connectivity index (χ0n) is 13.4. The van der Waals surface area contributed by atoms with Crippen molar-refractivity contribution < 1.29 is 13.2 Å². The smallest absolute Gasteiger partial charge is 0.236 e. The SMILES string of the molecule is CN(Cc1cccs1)C(=O)CN(C)[C@H]1CCC[C@@H]1S(C)(=O)=O. The molecule has 0 bridgehead atoms. The second-order valence-electron chi connectivity index (χ2n) is 6.11. The van der Waals surface area contributed by atoms with Gasteiger partial charge in [0.05, 0.1) is 18.3 Å². The number of thiophene rings is 1. The van der Waals surface area contributed by atoms with Crippen molar-refractivity contribution >= 4 is 27.1 Å². The molecule has 0 aliphatic heterocycles. The van der Waals surface area contributed by atoms with Crippen LogP contribution in [-0.4, -0.2) is 62.3 Å². The van der Waals surface area contributed by atoms with Crippen molar-refractivity contribution in [2.45, 2.75) is 37.1 Å². The first-order valence-corrected chi connectivity index (χ1v) is 10.3. The minimum Gasteiger partial charge on any atom is -0.340 e. The third-order valence-electron chi connectivity index (χ3n) is 4.32. The number of carbonyl (C=O) groups is 1. The maximum absolute atomic E-state index is 12.3. The van der Waals surface area contributed by atoms with Crippen LogP contribution in [0.2, 0.25) is 0 Å². The molecule has 7 heteroatoms. The minimum atomic E-state index is -3.06. The summed E-state index contributed by atoms with van der Waals surface area (Å²) in [7, 11) is 0.584. The van der Waals surface area contributed by atoms with Crippen molar-refractivity contribution in [1.82, 2.24) is 9.80 Å². The highest BCUT2D eigenvalue weighted by molar-refractivity contribution is 7.91. The second-order valence-corrected chi connectivity index (χ2v) is 9.41. The summed E-state index contributed by atoms with van der Waals surface area (Å²) in [5, 5.41) is 1.66. The van der Waals surface area contributed by atoms with E-state index in [2.05, 4.69) is 0 Å². The summed E-state index contributed by atoms with van der Waals surface area (Å²) in [5.41, 5.74) is 0. The fourth-order valence-electron chi connectivity index (χ4n) is 3.09. The minimum absolute atomic E-state index is 0.0232. The van der Waals surface area contributed by atoms with Gasteiger partial charge in [0, 0.05) is 24.2 Å². The van der Waals surface area contributed by atoms with Gasteiger partial charge in [0.25, 0.3) is 0 Å². The van der Waals surface area contributed by atoms with Crippen LogP contribution in [-0.2, 0) is 21.2 Å². The molecule has 0 unspecified atom stereocenters. The van der Waals surface area contributed by atoms with Gasteiger partial charge in [0.1, 0.15) is 0 Å². The Morgan fingerprint density at radius 2 is 2.09 bits per heavy atom. The Bertz CT molecular complexity index is 598. The van der Waals surface area contributed by atoms with Crippen molar-refractivity contribution in [2.24, 2.45) is 0 Å². The predicted octanol–water partition coefficient (Wildman–Crippen LogP) is 1.60. The lowest BCUT2D eigenvalue weighted by Gasteiger charge is -2.29. The summed E-state index contributed by atoms with van der Waals surface area (Å²) < 4.78 is 23.7. The van der Waals surface area contributed by atoms with Gasteiger partial charge in [-0.05, 0) is 31.3 Å². The monoisotopic (exact) mass is 344 g/mol. The van der Waals surface area contributed by atoms with Gasteiger partial charge in [0.2, 0.25) is 5.91 Å². The molecule has 0 radical (unpaired) electrons. The average Bonchev–Trinajstić information content (AvgIpc) is 3.08. The fourth-order valence-corrected chi connectivity index (χ4v) is 5.35. The summed E-state index contributed by atoms with van der Waals surface area (Å²) in [6, 6.07) is 3.93. The third kappa shape index (κ3) is 4.30. The van der Waals surface area contributed by atoms with Crippen molar-refractivity contribution in [3.8, 4) is 0 Å². The number of hydrogen-bond acceptors (Lipinski definition) is 5. The van der Waals surface area contributed by atoms with Crippen LogP contribution in [0.1, 0.15) is 24.1 Å². The van der Waals surface area contributed by atoms with Crippen molar-refractivity contribution in [3.63, 3.8) is 0 Å². The summed E-state index contributed by atoms with van der Waals surface area (Å²) in [6.45, 7) is 0.864. The fraction of sp³-hybridized carbons (Fsp3) is 0.667. The zero-order chi connectivity index (χ0) is 16.3. The van der Waals surface area contributed by atoms with Gasteiger partial charge in [-0.2, -0.15) is 0 Å². The number of likely N-dealkylation sites (N-methyl/N-ethyl adjacent to an activating group) is 2. The lowest BCUT2D eigenvalue weighted by Crippen LogP contribution is -2.46. The van der Waals surface area contributed by atoms with Gasteiger partial charge in [-0.1, -0.05) is 12.5 Å². The molecule has 1 saturated carbocycles. The number of sulfone groups is 1. The Morgan fingerprint density at radius 3 is 2.68 bits per heavy atom. The molecule has 1 fully saturated rings. The number of carbonyl (C=O) groups excluding carboxylic acids is 1. The molecule has 1 heterocycles. The van der Waals surface area contributed by atoms with Crippen LogP contribution >= 0.6 is 11.3 Å². The Hall–Kier alpha value is -0.920. The largest absolute Gasteiger partial charge is 0.340 e. The van der Waals surface area contributed by atoms with Gasteiger partial charge >= 0.3 is 0 Å². The Labute approximate surface area is 136 Å². The van der Waals surface area contributed by atoms with Crippen LogP contribution < -0.4 is 0 Å². The van der Waals surface area contributed by atoms with Gasteiger partial charge in [-0.15, -0.1) is 11.3 Å². The first-order valence-electron chi connectivity index (χ1n) is 7.44. The molecular formula is C15H24N2O3S2. The predicted molar refractivity (Wildman–Crippen MR) is 89.7 cm³/mol. The molecule has 1 amide bonds. The molecule has 2 rings (SSSR count). The van der Waals surface area contributed by atoms with Gasteiger partial charge in [-0.25, -0.2) is 8.42 Å². The highest BCUT2D eigenvalue weighted by Crippen LogP contribution is 2.28. The van der Waals surface area contributed by atoms with Crippen molar-refractivity contribution in [3.05, 3.63) is 22.4 Å². The molecular weight excluding hydrogens is 320 g/mol. The van der Waals surface area contributed by atoms with E-state index in [0.717, 1.165) is 17.7 Å².